The van der Waals surface area contributed by atoms with Crippen LogP contribution in [-0.2, 0) is 11.0 Å². The maximum absolute atomic E-state index is 13.2. The van der Waals surface area contributed by atoms with Crippen molar-refractivity contribution in [2.24, 2.45) is 5.10 Å². The van der Waals surface area contributed by atoms with E-state index in [1.807, 2.05) is 54.6 Å². The zero-order valence-electron chi connectivity index (χ0n) is 17.9. The molecule has 10 heteroatoms. The van der Waals surface area contributed by atoms with Crippen molar-refractivity contribution in [3.63, 3.8) is 0 Å². The average Bonchev–Trinajstić information content (AvgIpc) is 3.29. The van der Waals surface area contributed by atoms with Crippen LogP contribution in [0.15, 0.2) is 77.0 Å². The van der Waals surface area contributed by atoms with Gasteiger partial charge >= 0.3 is 6.18 Å². The van der Waals surface area contributed by atoms with Crippen LogP contribution >= 0.6 is 23.4 Å². The van der Waals surface area contributed by atoms with E-state index in [0.29, 0.717) is 18.4 Å². The van der Waals surface area contributed by atoms with Gasteiger partial charge in [-0.2, -0.15) is 18.3 Å². The minimum atomic E-state index is -4.54. The molecule has 34 heavy (non-hydrogen) atoms. The number of methoxy groups -OCH3 is 1. The molecular weight excluding hydrogens is 487 g/mol. The van der Waals surface area contributed by atoms with Gasteiger partial charge in [-0.05, 0) is 29.3 Å². The number of pyridine rings is 1. The summed E-state index contributed by atoms with van der Waals surface area (Å²) in [5.74, 6) is 0.299. The summed E-state index contributed by atoms with van der Waals surface area (Å²) < 4.78 is 43.8. The molecule has 5 nitrogen and oxygen atoms in total. The Kier molecular flexibility index (Phi) is 7.13. The predicted octanol–water partition coefficient (Wildman–Crippen LogP) is 6.23. The zero-order chi connectivity index (χ0) is 24.3. The molecule has 2 heterocycles. The largest absolute Gasteiger partial charge is 0.497 e. The number of carbonyl (C=O) groups excluding carboxylic acids is 1. The van der Waals surface area contributed by atoms with E-state index in [-0.39, 0.29) is 27.8 Å². The normalized spacial score (nSPS) is 15.9. The van der Waals surface area contributed by atoms with Crippen LogP contribution in [0.25, 0.3) is 0 Å². The van der Waals surface area contributed by atoms with Gasteiger partial charge < -0.3 is 4.74 Å². The second-order valence-corrected chi connectivity index (χ2v) is 8.81. The number of rotatable bonds is 6. The lowest BCUT2D eigenvalue weighted by molar-refractivity contribution is -0.138. The van der Waals surface area contributed by atoms with Crippen LogP contribution in [-0.4, -0.2) is 34.5 Å². The average molecular weight is 506 g/mol. The number of amides is 1. The van der Waals surface area contributed by atoms with E-state index >= 15 is 0 Å². The summed E-state index contributed by atoms with van der Waals surface area (Å²) in [6.45, 7) is 0. The van der Waals surface area contributed by atoms with Gasteiger partial charge in [0, 0.05) is 12.6 Å². The molecule has 1 atom stereocenters. The van der Waals surface area contributed by atoms with Crippen LogP contribution in [0.2, 0.25) is 5.02 Å². The van der Waals surface area contributed by atoms with Crippen molar-refractivity contribution in [3.8, 4) is 5.75 Å². The molecule has 176 valence electrons. The van der Waals surface area contributed by atoms with Gasteiger partial charge in [0.05, 0.1) is 35.2 Å². The molecule has 4 rings (SSSR count). The molecule has 0 spiro atoms. The summed E-state index contributed by atoms with van der Waals surface area (Å²) in [5, 5.41) is 6.01. The SMILES string of the molecule is COc1ccc(C2CC(c3ccccc3)=NN2C(=O)CSc2ncc(C(F)(F)F)cc2Cl)cc1. The number of alkyl halides is 3. The van der Waals surface area contributed by atoms with Crippen molar-refractivity contribution in [1.82, 2.24) is 9.99 Å². The predicted molar refractivity (Wildman–Crippen MR) is 125 cm³/mol. The first-order valence-electron chi connectivity index (χ1n) is 10.2. The Labute approximate surface area is 203 Å². The molecule has 1 aliphatic rings. The molecule has 1 aliphatic heterocycles. The third kappa shape index (κ3) is 5.37. The van der Waals surface area contributed by atoms with Crippen molar-refractivity contribution in [3.05, 3.63) is 88.6 Å². The van der Waals surface area contributed by atoms with E-state index in [4.69, 9.17) is 16.3 Å². The quantitative estimate of drug-likeness (QED) is 0.372. The first kappa shape index (κ1) is 24.1. The lowest BCUT2D eigenvalue weighted by Crippen LogP contribution is -2.28. The molecule has 0 saturated carbocycles. The number of carbonyl (C=O) groups is 1. The van der Waals surface area contributed by atoms with Crippen molar-refractivity contribution in [2.75, 3.05) is 12.9 Å². The molecule has 3 aromatic rings. The highest BCUT2D eigenvalue weighted by Crippen LogP contribution is 2.36. The maximum Gasteiger partial charge on any atom is 0.417 e. The van der Waals surface area contributed by atoms with E-state index in [1.165, 1.54) is 5.01 Å². The first-order valence-corrected chi connectivity index (χ1v) is 11.6. The van der Waals surface area contributed by atoms with E-state index in [1.54, 1.807) is 7.11 Å². The highest BCUT2D eigenvalue weighted by Gasteiger charge is 2.34. The van der Waals surface area contributed by atoms with Crippen LogP contribution in [0, 0.1) is 0 Å². The van der Waals surface area contributed by atoms with E-state index in [2.05, 4.69) is 10.1 Å². The van der Waals surface area contributed by atoms with Crippen LogP contribution in [0.1, 0.15) is 29.2 Å². The number of aromatic nitrogens is 1. The molecule has 1 amide bonds. The van der Waals surface area contributed by atoms with Crippen molar-refractivity contribution in [1.29, 1.82) is 0 Å². The second-order valence-electron chi connectivity index (χ2n) is 7.44. The number of halogens is 4. The molecule has 0 radical (unpaired) electrons. The summed E-state index contributed by atoms with van der Waals surface area (Å²) in [7, 11) is 1.58. The zero-order valence-corrected chi connectivity index (χ0v) is 19.5. The minimum absolute atomic E-state index is 0.0870. The summed E-state index contributed by atoms with van der Waals surface area (Å²) in [6.07, 6.45) is -3.31. The van der Waals surface area contributed by atoms with E-state index in [9.17, 15) is 18.0 Å². The topological polar surface area (TPSA) is 54.8 Å². The van der Waals surface area contributed by atoms with Gasteiger partial charge in [-0.3, -0.25) is 4.79 Å². The molecule has 0 saturated heterocycles. The third-order valence-corrected chi connectivity index (χ3v) is 6.63. The van der Waals surface area contributed by atoms with Crippen LogP contribution < -0.4 is 4.74 Å². The highest BCUT2D eigenvalue weighted by atomic mass is 35.5. The molecule has 1 aromatic heterocycles. The minimum Gasteiger partial charge on any atom is -0.497 e. The van der Waals surface area contributed by atoms with Crippen LogP contribution in [0.5, 0.6) is 5.75 Å². The lowest BCUT2D eigenvalue weighted by Gasteiger charge is -2.22. The van der Waals surface area contributed by atoms with Crippen molar-refractivity contribution in [2.45, 2.75) is 23.7 Å². The van der Waals surface area contributed by atoms with Crippen LogP contribution in [0.3, 0.4) is 0 Å². The monoisotopic (exact) mass is 505 g/mol. The number of hydrogen-bond donors (Lipinski definition) is 0. The number of hydrogen-bond acceptors (Lipinski definition) is 5. The Bertz CT molecular complexity index is 1200. The first-order chi connectivity index (χ1) is 16.3. The number of thioether (sulfide) groups is 1. The van der Waals surface area contributed by atoms with Gasteiger partial charge in [0.2, 0.25) is 0 Å². The number of hydrazone groups is 1. The Morgan fingerprint density at radius 1 is 1.18 bits per heavy atom. The Morgan fingerprint density at radius 3 is 2.50 bits per heavy atom. The summed E-state index contributed by atoms with van der Waals surface area (Å²) in [6, 6.07) is 17.4. The Balaban J connectivity index is 1.55. The van der Waals surface area contributed by atoms with Gasteiger partial charge in [-0.15, -0.1) is 0 Å². The Morgan fingerprint density at radius 2 is 1.88 bits per heavy atom. The second kappa shape index (κ2) is 10.1. The van der Waals surface area contributed by atoms with Gasteiger partial charge in [0.25, 0.3) is 5.91 Å². The van der Waals surface area contributed by atoms with Gasteiger partial charge in [0.15, 0.2) is 0 Å². The molecule has 0 aliphatic carbocycles. The number of nitrogens with zero attached hydrogens (tertiary/aromatic N) is 3. The highest BCUT2D eigenvalue weighted by molar-refractivity contribution is 8.00. The van der Waals surface area contributed by atoms with Gasteiger partial charge in [-0.1, -0.05) is 65.8 Å². The smallest absolute Gasteiger partial charge is 0.417 e. The van der Waals surface area contributed by atoms with E-state index in [0.717, 1.165) is 34.7 Å². The number of benzene rings is 2. The number of ether oxygens (including phenoxy) is 1. The van der Waals surface area contributed by atoms with E-state index < -0.39 is 11.7 Å². The summed E-state index contributed by atoms with van der Waals surface area (Å²) in [4.78, 5) is 17.0. The molecular formula is C24H19ClF3N3O2S. The van der Waals surface area contributed by atoms with Gasteiger partial charge in [-0.25, -0.2) is 9.99 Å². The molecule has 0 fully saturated rings. The molecule has 0 bridgehead atoms. The fourth-order valence-corrected chi connectivity index (χ4v) is 4.56. The fourth-order valence-electron chi connectivity index (χ4n) is 3.51. The molecule has 2 aromatic carbocycles. The van der Waals surface area contributed by atoms with Crippen LogP contribution in [0.4, 0.5) is 13.2 Å². The van der Waals surface area contributed by atoms with Gasteiger partial charge in [0.1, 0.15) is 10.8 Å². The third-order valence-electron chi connectivity index (χ3n) is 5.24. The fraction of sp³-hybridized carbons (Fsp3) is 0.208. The van der Waals surface area contributed by atoms with Crippen molar-refractivity contribution >= 4 is 35.0 Å². The molecule has 1 unspecified atom stereocenters. The standard InChI is InChI=1S/C24H19ClF3N3O2S/c1-33-18-9-7-16(8-10-18)21-12-20(15-5-3-2-4-6-15)30-31(21)22(32)14-34-23-19(25)11-17(13-29-23)24(26,27)28/h2-11,13,21H,12,14H2,1H3. The molecule has 0 N–H and O–H groups in total. The summed E-state index contributed by atoms with van der Waals surface area (Å²) >= 11 is 6.96. The lowest BCUT2D eigenvalue weighted by atomic mass is 9.98. The van der Waals surface area contributed by atoms with Crippen molar-refractivity contribution < 1.29 is 22.7 Å². The Hall–Kier alpha value is -3.04. The summed E-state index contributed by atoms with van der Waals surface area (Å²) in [5.41, 5.74) is 1.63. The maximum atomic E-state index is 13.2.